The van der Waals surface area contributed by atoms with Gasteiger partial charge in [0.2, 0.25) is 5.91 Å². The highest BCUT2D eigenvalue weighted by atomic mass is 35.5. The standard InChI is InChI=1S/C27H21ClN2O3S/c28-20-7-4-6-19(16-20)27(32)30-22-8-5-11-25(17-22)34-18-26(31)29-21-12-14-24(15-13-21)33-23-9-2-1-3-10-23/h1-17H,18H2,(H,29,31)(H,30,32). The summed E-state index contributed by atoms with van der Waals surface area (Å²) in [6.45, 7) is 0. The molecule has 7 heteroatoms. The van der Waals surface area contributed by atoms with Crippen LogP contribution in [0, 0.1) is 0 Å². The molecule has 34 heavy (non-hydrogen) atoms. The Morgan fingerprint density at radius 1 is 0.735 bits per heavy atom. The molecule has 0 aliphatic heterocycles. The molecule has 4 aromatic carbocycles. The number of hydrogen-bond acceptors (Lipinski definition) is 4. The van der Waals surface area contributed by atoms with Gasteiger partial charge in [-0.3, -0.25) is 9.59 Å². The van der Waals surface area contributed by atoms with Gasteiger partial charge in [-0.15, -0.1) is 11.8 Å². The smallest absolute Gasteiger partial charge is 0.255 e. The zero-order valence-electron chi connectivity index (χ0n) is 18.0. The predicted octanol–water partition coefficient (Wildman–Crippen LogP) is 7.12. The normalized spacial score (nSPS) is 10.4. The molecule has 0 fully saturated rings. The summed E-state index contributed by atoms with van der Waals surface area (Å²) in [6, 6.07) is 30.8. The number of para-hydroxylation sites is 1. The highest BCUT2D eigenvalue weighted by molar-refractivity contribution is 8.00. The van der Waals surface area contributed by atoms with Crippen LogP contribution in [0.3, 0.4) is 0 Å². The van der Waals surface area contributed by atoms with Gasteiger partial charge in [0, 0.05) is 26.9 Å². The number of nitrogens with one attached hydrogen (secondary N) is 2. The van der Waals surface area contributed by atoms with Gasteiger partial charge in [0.15, 0.2) is 0 Å². The van der Waals surface area contributed by atoms with Crippen LogP contribution < -0.4 is 15.4 Å². The van der Waals surface area contributed by atoms with Gasteiger partial charge in [-0.05, 0) is 72.8 Å². The largest absolute Gasteiger partial charge is 0.457 e. The zero-order valence-corrected chi connectivity index (χ0v) is 19.6. The van der Waals surface area contributed by atoms with Gasteiger partial charge >= 0.3 is 0 Å². The molecule has 0 aliphatic rings. The van der Waals surface area contributed by atoms with E-state index in [4.69, 9.17) is 16.3 Å². The number of halogens is 1. The van der Waals surface area contributed by atoms with Crippen LogP contribution >= 0.6 is 23.4 Å². The maximum Gasteiger partial charge on any atom is 0.255 e. The summed E-state index contributed by atoms with van der Waals surface area (Å²) in [5.74, 6) is 1.29. The highest BCUT2D eigenvalue weighted by Crippen LogP contribution is 2.24. The van der Waals surface area contributed by atoms with Crippen molar-refractivity contribution < 1.29 is 14.3 Å². The number of ether oxygens (including phenoxy) is 1. The van der Waals surface area contributed by atoms with Gasteiger partial charge in [-0.2, -0.15) is 0 Å². The molecule has 0 aromatic heterocycles. The highest BCUT2D eigenvalue weighted by Gasteiger charge is 2.09. The first-order valence-corrected chi connectivity index (χ1v) is 11.8. The van der Waals surface area contributed by atoms with Gasteiger partial charge < -0.3 is 15.4 Å². The second kappa shape index (κ2) is 11.4. The molecule has 0 saturated heterocycles. The van der Waals surface area contributed by atoms with E-state index in [1.807, 2.05) is 60.7 Å². The van der Waals surface area contributed by atoms with Gasteiger partial charge in [-0.1, -0.05) is 41.9 Å². The van der Waals surface area contributed by atoms with Crippen LogP contribution in [0.2, 0.25) is 5.02 Å². The van der Waals surface area contributed by atoms with Crippen molar-refractivity contribution >= 4 is 46.6 Å². The monoisotopic (exact) mass is 488 g/mol. The lowest BCUT2D eigenvalue weighted by Crippen LogP contribution is -2.14. The van der Waals surface area contributed by atoms with Crippen LogP contribution in [0.1, 0.15) is 10.4 Å². The summed E-state index contributed by atoms with van der Waals surface area (Å²) in [6.07, 6.45) is 0. The van der Waals surface area contributed by atoms with Crippen LogP contribution in [0.4, 0.5) is 11.4 Å². The number of amides is 2. The second-order valence-electron chi connectivity index (χ2n) is 7.27. The van der Waals surface area contributed by atoms with E-state index < -0.39 is 0 Å². The van der Waals surface area contributed by atoms with Crippen LogP contribution in [-0.2, 0) is 4.79 Å². The van der Waals surface area contributed by atoms with Crippen LogP contribution in [0.15, 0.2) is 108 Å². The van der Waals surface area contributed by atoms with Crippen molar-refractivity contribution in [2.24, 2.45) is 0 Å². The van der Waals surface area contributed by atoms with E-state index in [1.165, 1.54) is 11.8 Å². The summed E-state index contributed by atoms with van der Waals surface area (Å²) in [4.78, 5) is 25.7. The molecule has 0 unspecified atom stereocenters. The average molecular weight is 489 g/mol. The molecule has 0 spiro atoms. The number of anilines is 2. The Kier molecular flexibility index (Phi) is 7.86. The zero-order chi connectivity index (χ0) is 23.8. The molecule has 170 valence electrons. The Morgan fingerprint density at radius 2 is 1.47 bits per heavy atom. The Morgan fingerprint density at radius 3 is 2.24 bits per heavy atom. The summed E-state index contributed by atoms with van der Waals surface area (Å²) in [5, 5.41) is 6.23. The summed E-state index contributed by atoms with van der Waals surface area (Å²) >= 11 is 7.34. The number of benzene rings is 4. The molecule has 0 aliphatic carbocycles. The van der Waals surface area contributed by atoms with Crippen molar-refractivity contribution in [3.63, 3.8) is 0 Å². The van der Waals surface area contributed by atoms with Crippen molar-refractivity contribution in [3.05, 3.63) is 114 Å². The topological polar surface area (TPSA) is 67.4 Å². The number of thioether (sulfide) groups is 1. The van der Waals surface area contributed by atoms with Crippen molar-refractivity contribution in [1.29, 1.82) is 0 Å². The third-order valence-corrected chi connectivity index (χ3v) is 5.89. The molecule has 0 heterocycles. The van der Waals surface area contributed by atoms with Gasteiger partial charge in [-0.25, -0.2) is 0 Å². The predicted molar refractivity (Wildman–Crippen MR) is 138 cm³/mol. The van der Waals surface area contributed by atoms with Crippen LogP contribution in [0.25, 0.3) is 0 Å². The molecular weight excluding hydrogens is 468 g/mol. The number of hydrogen-bond donors (Lipinski definition) is 2. The molecular formula is C27H21ClN2O3S. The Bertz CT molecular complexity index is 1280. The maximum atomic E-state index is 12.4. The fraction of sp³-hybridized carbons (Fsp3) is 0.0370. The quantitative estimate of drug-likeness (QED) is 0.259. The molecule has 2 N–H and O–H groups in total. The molecule has 0 atom stereocenters. The molecule has 0 radical (unpaired) electrons. The first kappa shape index (κ1) is 23.4. The molecule has 4 aromatic rings. The minimum atomic E-state index is -0.248. The molecule has 0 saturated carbocycles. The SMILES string of the molecule is O=C(CSc1cccc(NC(=O)c2cccc(Cl)c2)c1)Nc1ccc(Oc2ccccc2)cc1. The van der Waals surface area contributed by atoms with E-state index in [1.54, 1.807) is 42.5 Å². The minimum absolute atomic E-state index is 0.130. The van der Waals surface area contributed by atoms with Crippen LogP contribution in [0.5, 0.6) is 11.5 Å². The average Bonchev–Trinajstić information content (AvgIpc) is 2.85. The van der Waals surface area contributed by atoms with Crippen molar-refractivity contribution in [2.75, 3.05) is 16.4 Å². The number of rotatable bonds is 8. The van der Waals surface area contributed by atoms with Crippen molar-refractivity contribution in [3.8, 4) is 11.5 Å². The van der Waals surface area contributed by atoms with E-state index in [9.17, 15) is 9.59 Å². The Labute approximate surface area is 207 Å². The molecule has 5 nitrogen and oxygen atoms in total. The lowest BCUT2D eigenvalue weighted by molar-refractivity contribution is -0.113. The second-order valence-corrected chi connectivity index (χ2v) is 8.75. The number of carbonyl (C=O) groups excluding carboxylic acids is 2. The van der Waals surface area contributed by atoms with E-state index in [0.717, 1.165) is 10.6 Å². The molecule has 4 rings (SSSR count). The number of carbonyl (C=O) groups is 2. The van der Waals surface area contributed by atoms with Gasteiger partial charge in [0.1, 0.15) is 11.5 Å². The molecule has 2 amide bonds. The summed E-state index contributed by atoms with van der Waals surface area (Å²) in [7, 11) is 0. The van der Waals surface area contributed by atoms with Crippen molar-refractivity contribution in [2.45, 2.75) is 4.90 Å². The maximum absolute atomic E-state index is 12.4. The van der Waals surface area contributed by atoms with Gasteiger partial charge in [0.05, 0.1) is 5.75 Å². The fourth-order valence-electron chi connectivity index (χ4n) is 3.07. The summed E-state index contributed by atoms with van der Waals surface area (Å²) in [5.41, 5.74) is 1.81. The van der Waals surface area contributed by atoms with E-state index >= 15 is 0 Å². The van der Waals surface area contributed by atoms with Crippen LogP contribution in [-0.4, -0.2) is 17.6 Å². The van der Waals surface area contributed by atoms with Crippen molar-refractivity contribution in [1.82, 2.24) is 0 Å². The molecule has 0 bridgehead atoms. The van der Waals surface area contributed by atoms with E-state index in [2.05, 4.69) is 10.6 Å². The minimum Gasteiger partial charge on any atom is -0.457 e. The fourth-order valence-corrected chi connectivity index (χ4v) is 4.02. The van der Waals surface area contributed by atoms with Gasteiger partial charge in [0.25, 0.3) is 5.91 Å². The van der Waals surface area contributed by atoms with E-state index in [0.29, 0.717) is 27.7 Å². The first-order chi connectivity index (χ1) is 16.5. The third-order valence-electron chi connectivity index (χ3n) is 4.67. The van der Waals surface area contributed by atoms with E-state index in [-0.39, 0.29) is 17.6 Å². The Hall–Kier alpha value is -3.74. The third kappa shape index (κ3) is 6.88. The first-order valence-electron chi connectivity index (χ1n) is 10.5. The lowest BCUT2D eigenvalue weighted by Gasteiger charge is -2.09. The Balaban J connectivity index is 1.28. The lowest BCUT2D eigenvalue weighted by atomic mass is 10.2. The summed E-state index contributed by atoms with van der Waals surface area (Å²) < 4.78 is 5.76.